The van der Waals surface area contributed by atoms with Gasteiger partial charge < -0.3 is 29.5 Å². The molecule has 2 N–H and O–H groups in total. The van der Waals surface area contributed by atoms with E-state index < -0.39 is 6.10 Å². The number of rotatable bonds is 9. The summed E-state index contributed by atoms with van der Waals surface area (Å²) in [6.45, 7) is 4.52. The van der Waals surface area contributed by atoms with E-state index in [-0.39, 0.29) is 11.8 Å². The van der Waals surface area contributed by atoms with E-state index in [1.54, 1.807) is 20.3 Å². The SMILES string of the molecule is COCCCCN1CCC(CNC(=O)c2ccc(OC)c3c2CCCCO3)C(O)C1. The smallest absolute Gasteiger partial charge is 0.251 e. The van der Waals surface area contributed by atoms with Gasteiger partial charge in [-0.3, -0.25) is 4.79 Å². The number of methoxy groups -OCH3 is 2. The van der Waals surface area contributed by atoms with Crippen LogP contribution in [0.1, 0.15) is 48.0 Å². The van der Waals surface area contributed by atoms with Gasteiger partial charge in [0.05, 0.1) is 19.8 Å². The highest BCUT2D eigenvalue weighted by Gasteiger charge is 2.28. The van der Waals surface area contributed by atoms with Crippen LogP contribution in [0.4, 0.5) is 0 Å². The van der Waals surface area contributed by atoms with Gasteiger partial charge >= 0.3 is 0 Å². The first-order chi connectivity index (χ1) is 14.6. The van der Waals surface area contributed by atoms with E-state index in [2.05, 4.69) is 10.2 Å². The molecule has 1 aromatic carbocycles. The molecule has 30 heavy (non-hydrogen) atoms. The van der Waals surface area contributed by atoms with Crippen molar-refractivity contribution < 1.29 is 24.1 Å². The zero-order chi connectivity index (χ0) is 21.3. The molecule has 0 aliphatic carbocycles. The summed E-state index contributed by atoms with van der Waals surface area (Å²) in [4.78, 5) is 15.2. The van der Waals surface area contributed by atoms with E-state index in [0.29, 0.717) is 36.8 Å². The van der Waals surface area contributed by atoms with Crippen molar-refractivity contribution in [3.05, 3.63) is 23.3 Å². The zero-order valence-corrected chi connectivity index (χ0v) is 18.3. The van der Waals surface area contributed by atoms with Gasteiger partial charge in [-0.05, 0) is 63.7 Å². The van der Waals surface area contributed by atoms with E-state index >= 15 is 0 Å². The Kier molecular flexibility index (Phi) is 8.78. The Bertz CT molecular complexity index is 696. The summed E-state index contributed by atoms with van der Waals surface area (Å²) < 4.78 is 16.4. The lowest BCUT2D eigenvalue weighted by molar-refractivity contribution is 0.0210. The Hall–Kier alpha value is -1.83. The number of likely N-dealkylation sites (tertiary alicyclic amines) is 1. The van der Waals surface area contributed by atoms with Crippen LogP contribution in [-0.4, -0.2) is 75.6 Å². The number of piperidine rings is 1. The second-order valence-corrected chi connectivity index (χ2v) is 8.26. The molecule has 0 radical (unpaired) electrons. The molecule has 2 unspecified atom stereocenters. The molecule has 168 valence electrons. The molecule has 1 amide bonds. The number of benzene rings is 1. The third-order valence-electron chi connectivity index (χ3n) is 6.16. The maximum absolute atomic E-state index is 12.9. The van der Waals surface area contributed by atoms with Crippen LogP contribution in [0.2, 0.25) is 0 Å². The van der Waals surface area contributed by atoms with Gasteiger partial charge in [0.2, 0.25) is 0 Å². The Morgan fingerprint density at radius 1 is 1.30 bits per heavy atom. The van der Waals surface area contributed by atoms with Crippen LogP contribution in [0.25, 0.3) is 0 Å². The number of β-amino-alcohol motifs (C(OH)–C–C–N with tert-alkyl or cyclic N) is 1. The zero-order valence-electron chi connectivity index (χ0n) is 18.3. The van der Waals surface area contributed by atoms with Gasteiger partial charge in [-0.15, -0.1) is 0 Å². The fraction of sp³-hybridized carbons (Fsp3) is 0.696. The average Bonchev–Trinajstić information content (AvgIpc) is 3.01. The van der Waals surface area contributed by atoms with Gasteiger partial charge in [0.25, 0.3) is 5.91 Å². The van der Waals surface area contributed by atoms with Crippen molar-refractivity contribution in [2.75, 3.05) is 53.6 Å². The first kappa shape index (κ1) is 22.8. The van der Waals surface area contributed by atoms with E-state index in [4.69, 9.17) is 14.2 Å². The minimum absolute atomic E-state index is 0.0808. The Balaban J connectivity index is 1.54. The monoisotopic (exact) mass is 420 g/mol. The minimum atomic E-state index is -0.419. The molecule has 1 aromatic rings. The second-order valence-electron chi connectivity index (χ2n) is 8.26. The van der Waals surface area contributed by atoms with Crippen LogP contribution < -0.4 is 14.8 Å². The number of nitrogens with zero attached hydrogens (tertiary/aromatic N) is 1. The molecule has 1 fully saturated rings. The number of fused-ring (bicyclic) bond motifs is 1. The fourth-order valence-corrected chi connectivity index (χ4v) is 4.35. The fourth-order valence-electron chi connectivity index (χ4n) is 4.35. The molecular formula is C23H36N2O5. The number of unbranched alkanes of at least 4 members (excludes halogenated alkanes) is 1. The summed E-state index contributed by atoms with van der Waals surface area (Å²) in [6, 6.07) is 3.62. The number of aliphatic hydroxyl groups excluding tert-OH is 1. The third kappa shape index (κ3) is 5.86. The summed E-state index contributed by atoms with van der Waals surface area (Å²) in [6.07, 6.45) is 5.34. The van der Waals surface area contributed by atoms with Crippen LogP contribution in [-0.2, 0) is 11.2 Å². The van der Waals surface area contributed by atoms with Crippen LogP contribution in [0.15, 0.2) is 12.1 Å². The number of carbonyl (C=O) groups is 1. The standard InChI is InChI=1S/C23H36N2O5/c1-28-13-6-4-11-25-12-10-17(20(26)16-25)15-24-23(27)19-8-9-21(29-2)22-18(19)7-3-5-14-30-22/h8-9,17,20,26H,3-7,10-16H2,1-2H3,(H,24,27). The Morgan fingerprint density at radius 3 is 2.93 bits per heavy atom. The number of aliphatic hydroxyl groups is 1. The molecular weight excluding hydrogens is 384 g/mol. The summed E-state index contributed by atoms with van der Waals surface area (Å²) in [5.41, 5.74) is 1.58. The first-order valence-corrected chi connectivity index (χ1v) is 11.1. The van der Waals surface area contributed by atoms with Gasteiger partial charge in [0, 0.05) is 43.9 Å². The van der Waals surface area contributed by atoms with E-state index in [1.807, 2.05) is 6.07 Å². The molecule has 2 aliphatic heterocycles. The molecule has 3 rings (SSSR count). The lowest BCUT2D eigenvalue weighted by Crippen LogP contribution is -2.47. The first-order valence-electron chi connectivity index (χ1n) is 11.1. The average molecular weight is 421 g/mol. The Morgan fingerprint density at radius 2 is 2.17 bits per heavy atom. The topological polar surface area (TPSA) is 80.3 Å². The third-order valence-corrected chi connectivity index (χ3v) is 6.16. The molecule has 7 nitrogen and oxygen atoms in total. The lowest BCUT2D eigenvalue weighted by Gasteiger charge is -2.36. The van der Waals surface area contributed by atoms with Gasteiger partial charge in [-0.2, -0.15) is 0 Å². The molecule has 2 aliphatic rings. The van der Waals surface area contributed by atoms with Crippen LogP contribution in [0.5, 0.6) is 11.5 Å². The van der Waals surface area contributed by atoms with Crippen molar-refractivity contribution in [2.24, 2.45) is 5.92 Å². The Labute approximate surface area is 179 Å². The minimum Gasteiger partial charge on any atom is -0.493 e. The summed E-state index contributed by atoms with van der Waals surface area (Å²) in [5.74, 6) is 1.35. The van der Waals surface area contributed by atoms with E-state index in [0.717, 1.165) is 63.8 Å². The number of carbonyl (C=O) groups excluding carboxylic acids is 1. The molecule has 7 heteroatoms. The summed E-state index contributed by atoms with van der Waals surface area (Å²) in [7, 11) is 3.34. The molecule has 2 atom stereocenters. The van der Waals surface area contributed by atoms with E-state index in [1.165, 1.54) is 0 Å². The van der Waals surface area contributed by atoms with E-state index in [9.17, 15) is 9.90 Å². The van der Waals surface area contributed by atoms with Crippen molar-refractivity contribution in [3.63, 3.8) is 0 Å². The van der Waals surface area contributed by atoms with Crippen molar-refractivity contribution in [1.82, 2.24) is 10.2 Å². The van der Waals surface area contributed by atoms with Crippen LogP contribution in [0, 0.1) is 5.92 Å². The molecule has 0 saturated carbocycles. The van der Waals surface area contributed by atoms with Crippen molar-refractivity contribution >= 4 is 5.91 Å². The van der Waals surface area contributed by atoms with Crippen molar-refractivity contribution in [2.45, 2.75) is 44.6 Å². The van der Waals surface area contributed by atoms with Gasteiger partial charge in [0.15, 0.2) is 11.5 Å². The van der Waals surface area contributed by atoms with Gasteiger partial charge in [-0.1, -0.05) is 0 Å². The maximum atomic E-state index is 12.9. The number of hydrogen-bond donors (Lipinski definition) is 2. The number of hydrogen-bond acceptors (Lipinski definition) is 6. The van der Waals surface area contributed by atoms with Crippen molar-refractivity contribution in [1.29, 1.82) is 0 Å². The van der Waals surface area contributed by atoms with Gasteiger partial charge in [0.1, 0.15) is 0 Å². The molecule has 0 spiro atoms. The highest BCUT2D eigenvalue weighted by molar-refractivity contribution is 5.96. The highest BCUT2D eigenvalue weighted by atomic mass is 16.5. The number of amides is 1. The highest BCUT2D eigenvalue weighted by Crippen LogP contribution is 2.36. The summed E-state index contributed by atoms with van der Waals surface area (Å²) >= 11 is 0. The summed E-state index contributed by atoms with van der Waals surface area (Å²) in [5, 5.41) is 13.6. The van der Waals surface area contributed by atoms with Gasteiger partial charge in [-0.25, -0.2) is 0 Å². The normalized spacial score (nSPS) is 22.0. The molecule has 2 heterocycles. The molecule has 1 saturated heterocycles. The molecule has 0 bridgehead atoms. The second kappa shape index (κ2) is 11.5. The number of nitrogens with one attached hydrogen (secondary N) is 1. The molecule has 0 aromatic heterocycles. The predicted molar refractivity (Wildman–Crippen MR) is 115 cm³/mol. The van der Waals surface area contributed by atoms with Crippen LogP contribution in [0.3, 0.4) is 0 Å². The number of ether oxygens (including phenoxy) is 3. The van der Waals surface area contributed by atoms with Crippen molar-refractivity contribution in [3.8, 4) is 11.5 Å². The largest absolute Gasteiger partial charge is 0.493 e. The lowest BCUT2D eigenvalue weighted by atomic mass is 9.93. The quantitative estimate of drug-likeness (QED) is 0.597. The predicted octanol–water partition coefficient (Wildman–Crippen LogP) is 2.25. The van der Waals surface area contributed by atoms with Crippen LogP contribution >= 0.6 is 0 Å². The maximum Gasteiger partial charge on any atom is 0.251 e.